The lowest BCUT2D eigenvalue weighted by molar-refractivity contribution is 0.203. The summed E-state index contributed by atoms with van der Waals surface area (Å²) in [6.07, 6.45) is 0.957. The largest absolute Gasteiger partial charge is 0.388 e. The normalized spacial score (nSPS) is 12.8. The van der Waals surface area contributed by atoms with Crippen molar-refractivity contribution in [3.63, 3.8) is 0 Å². The second-order valence-electron chi connectivity index (χ2n) is 3.37. The molecule has 0 saturated carbocycles. The van der Waals surface area contributed by atoms with Gasteiger partial charge in [0.25, 0.3) is 0 Å². The van der Waals surface area contributed by atoms with Crippen LogP contribution in [0.25, 0.3) is 10.6 Å². The van der Waals surface area contributed by atoms with Crippen LogP contribution < -0.4 is 0 Å². The van der Waals surface area contributed by atoms with Crippen molar-refractivity contribution in [3.8, 4) is 10.6 Å². The van der Waals surface area contributed by atoms with Gasteiger partial charge in [-0.2, -0.15) is 0 Å². The van der Waals surface area contributed by atoms with Crippen LogP contribution in [0.5, 0.6) is 0 Å². The first-order chi connectivity index (χ1) is 7.58. The highest BCUT2D eigenvalue weighted by Crippen LogP contribution is 2.31. The Hall–Kier alpha value is -0.970. The molecule has 2 nitrogen and oxygen atoms in total. The molecule has 0 bridgehead atoms. The summed E-state index contributed by atoms with van der Waals surface area (Å²) in [5.41, 5.74) is 0.365. The number of rotatable bonds is 2. The molecule has 84 valence electrons. The summed E-state index contributed by atoms with van der Waals surface area (Å²) < 4.78 is 13.5. The summed E-state index contributed by atoms with van der Waals surface area (Å²) in [5.74, 6) is -0.365. The van der Waals surface area contributed by atoms with Gasteiger partial charge in [-0.3, -0.25) is 0 Å². The lowest BCUT2D eigenvalue weighted by atomic mass is 10.2. The van der Waals surface area contributed by atoms with E-state index in [1.165, 1.54) is 29.5 Å². The predicted octanol–water partition coefficient (Wildman–Crippen LogP) is 3.66. The van der Waals surface area contributed by atoms with Gasteiger partial charge in [0.1, 0.15) is 10.8 Å². The molecule has 0 aliphatic rings. The molecule has 5 heteroatoms. The number of aromatic nitrogens is 1. The third kappa shape index (κ3) is 2.24. The smallest absolute Gasteiger partial charge is 0.133 e. The molecular weight excluding hydrogens is 249 g/mol. The van der Waals surface area contributed by atoms with Crippen LogP contribution in [0.4, 0.5) is 4.39 Å². The molecule has 1 aromatic carbocycles. The fourth-order valence-electron chi connectivity index (χ4n) is 1.27. The fourth-order valence-corrected chi connectivity index (χ4v) is 2.31. The molecule has 1 aromatic heterocycles. The highest BCUT2D eigenvalue weighted by molar-refractivity contribution is 7.15. The molecule has 1 N–H and O–H groups in total. The first-order valence-corrected chi connectivity index (χ1v) is 5.86. The number of hydrogen-bond donors (Lipinski definition) is 1. The van der Waals surface area contributed by atoms with Crippen molar-refractivity contribution in [2.24, 2.45) is 0 Å². The molecule has 16 heavy (non-hydrogen) atoms. The van der Waals surface area contributed by atoms with Crippen molar-refractivity contribution in [1.29, 1.82) is 0 Å². The molecule has 0 saturated heterocycles. The molecular formula is C11H9ClFNOS. The van der Waals surface area contributed by atoms with Crippen LogP contribution >= 0.6 is 22.9 Å². The van der Waals surface area contributed by atoms with E-state index >= 15 is 0 Å². The van der Waals surface area contributed by atoms with Crippen molar-refractivity contribution >= 4 is 22.9 Å². The SMILES string of the molecule is CC(O)c1cnc(-c2cc(Cl)ccc2F)s1. The summed E-state index contributed by atoms with van der Waals surface area (Å²) in [6.45, 7) is 1.64. The molecule has 0 spiro atoms. The van der Waals surface area contributed by atoms with Gasteiger partial charge in [-0.1, -0.05) is 11.6 Å². The van der Waals surface area contributed by atoms with Crippen LogP contribution in [0.1, 0.15) is 17.9 Å². The van der Waals surface area contributed by atoms with E-state index in [4.69, 9.17) is 11.6 Å². The minimum atomic E-state index is -0.589. The van der Waals surface area contributed by atoms with Gasteiger partial charge in [0.2, 0.25) is 0 Å². The zero-order valence-corrected chi connectivity index (χ0v) is 10.0. The number of aliphatic hydroxyl groups is 1. The Labute approximate surface area is 101 Å². The van der Waals surface area contributed by atoms with Gasteiger partial charge >= 0.3 is 0 Å². The first-order valence-electron chi connectivity index (χ1n) is 4.67. The van der Waals surface area contributed by atoms with Crippen LogP contribution in [0, 0.1) is 5.82 Å². The topological polar surface area (TPSA) is 33.1 Å². The van der Waals surface area contributed by atoms with E-state index in [0.29, 0.717) is 20.5 Å². The third-order valence-corrected chi connectivity index (χ3v) is 3.53. The second-order valence-corrected chi connectivity index (χ2v) is 4.87. The van der Waals surface area contributed by atoms with E-state index in [1.807, 2.05) is 0 Å². The van der Waals surface area contributed by atoms with E-state index in [9.17, 15) is 9.50 Å². The van der Waals surface area contributed by atoms with E-state index in [0.717, 1.165) is 0 Å². The maximum Gasteiger partial charge on any atom is 0.133 e. The molecule has 0 radical (unpaired) electrons. The summed E-state index contributed by atoms with van der Waals surface area (Å²) >= 11 is 7.05. The number of thiazole rings is 1. The van der Waals surface area contributed by atoms with Crippen LogP contribution in [-0.4, -0.2) is 10.1 Å². The van der Waals surface area contributed by atoms with Crippen LogP contribution in [-0.2, 0) is 0 Å². The van der Waals surface area contributed by atoms with Crippen LogP contribution in [0.15, 0.2) is 24.4 Å². The Balaban J connectivity index is 2.46. The van der Waals surface area contributed by atoms with Gasteiger partial charge in [0.15, 0.2) is 0 Å². The van der Waals surface area contributed by atoms with Crippen molar-refractivity contribution in [2.45, 2.75) is 13.0 Å². The first kappa shape index (κ1) is 11.5. The molecule has 0 aliphatic heterocycles. The number of halogens is 2. The van der Waals surface area contributed by atoms with Gasteiger partial charge in [-0.25, -0.2) is 9.37 Å². The number of hydrogen-bond acceptors (Lipinski definition) is 3. The molecule has 1 atom stereocenters. The Morgan fingerprint density at radius 1 is 1.50 bits per heavy atom. The monoisotopic (exact) mass is 257 g/mol. The van der Waals surface area contributed by atoms with Gasteiger partial charge in [0, 0.05) is 16.8 Å². The summed E-state index contributed by atoms with van der Waals surface area (Å²) in [5, 5.41) is 10.3. The van der Waals surface area contributed by atoms with Crippen LogP contribution in [0.3, 0.4) is 0 Å². The number of aliphatic hydroxyl groups excluding tert-OH is 1. The average Bonchev–Trinajstić information content (AvgIpc) is 2.70. The van der Waals surface area contributed by atoms with Crippen molar-refractivity contribution in [1.82, 2.24) is 4.98 Å². The van der Waals surface area contributed by atoms with E-state index in [1.54, 1.807) is 13.1 Å². The van der Waals surface area contributed by atoms with Crippen molar-refractivity contribution in [2.75, 3.05) is 0 Å². The third-order valence-electron chi connectivity index (χ3n) is 2.09. The average molecular weight is 258 g/mol. The molecule has 1 heterocycles. The summed E-state index contributed by atoms with van der Waals surface area (Å²) in [6, 6.07) is 4.33. The minimum Gasteiger partial charge on any atom is -0.388 e. The predicted molar refractivity (Wildman–Crippen MR) is 63.2 cm³/mol. The molecule has 0 amide bonds. The minimum absolute atomic E-state index is 0.365. The molecule has 1 unspecified atom stereocenters. The van der Waals surface area contributed by atoms with E-state index in [2.05, 4.69) is 4.98 Å². The second kappa shape index (κ2) is 4.49. The zero-order chi connectivity index (χ0) is 11.7. The Morgan fingerprint density at radius 2 is 2.25 bits per heavy atom. The molecule has 2 aromatic rings. The number of nitrogens with zero attached hydrogens (tertiary/aromatic N) is 1. The van der Waals surface area contributed by atoms with Gasteiger partial charge < -0.3 is 5.11 Å². The summed E-state index contributed by atoms with van der Waals surface area (Å²) in [7, 11) is 0. The molecule has 0 fully saturated rings. The Bertz CT molecular complexity index is 512. The quantitative estimate of drug-likeness (QED) is 0.891. The lowest BCUT2D eigenvalue weighted by Crippen LogP contribution is -1.83. The molecule has 2 rings (SSSR count). The zero-order valence-electron chi connectivity index (χ0n) is 8.45. The lowest BCUT2D eigenvalue weighted by Gasteiger charge is -1.99. The van der Waals surface area contributed by atoms with Gasteiger partial charge in [-0.15, -0.1) is 11.3 Å². The highest BCUT2D eigenvalue weighted by atomic mass is 35.5. The maximum atomic E-state index is 13.5. The van der Waals surface area contributed by atoms with E-state index < -0.39 is 6.10 Å². The number of benzene rings is 1. The standard InChI is InChI=1S/C11H9ClFNOS/c1-6(15)10-5-14-11(16-10)8-4-7(12)2-3-9(8)13/h2-6,15H,1H3. The van der Waals surface area contributed by atoms with Crippen molar-refractivity contribution in [3.05, 3.63) is 40.1 Å². The van der Waals surface area contributed by atoms with Crippen LogP contribution in [0.2, 0.25) is 5.02 Å². The summed E-state index contributed by atoms with van der Waals surface area (Å²) in [4.78, 5) is 4.77. The van der Waals surface area contributed by atoms with Crippen molar-refractivity contribution < 1.29 is 9.50 Å². The van der Waals surface area contributed by atoms with Gasteiger partial charge in [0.05, 0.1) is 11.0 Å². The highest BCUT2D eigenvalue weighted by Gasteiger charge is 2.12. The fraction of sp³-hybridized carbons (Fsp3) is 0.182. The maximum absolute atomic E-state index is 13.5. The Morgan fingerprint density at radius 3 is 2.88 bits per heavy atom. The van der Waals surface area contributed by atoms with E-state index in [-0.39, 0.29) is 5.82 Å². The molecule has 0 aliphatic carbocycles. The Kier molecular flexibility index (Phi) is 3.23. The van der Waals surface area contributed by atoms with Gasteiger partial charge in [-0.05, 0) is 25.1 Å².